The molecular formula is C23H30N4O3. The van der Waals surface area contributed by atoms with Gasteiger partial charge in [0.05, 0.1) is 0 Å². The van der Waals surface area contributed by atoms with Crippen LogP contribution in [0.15, 0.2) is 24.5 Å². The van der Waals surface area contributed by atoms with Gasteiger partial charge in [0.1, 0.15) is 24.3 Å². The minimum Gasteiger partial charge on any atom is -0.492 e. The first-order chi connectivity index (χ1) is 14.5. The predicted molar refractivity (Wildman–Crippen MR) is 116 cm³/mol. The predicted octanol–water partition coefficient (Wildman–Crippen LogP) is 3.35. The SMILES string of the molecule is COC1(C(=O)Nc2ccc(OCCN3CCCC3)c(-c3c(C)ncnc3C)c2)CC1. The number of nitrogens with zero attached hydrogens (tertiary/aromatic N) is 3. The van der Waals surface area contributed by atoms with Crippen molar-refractivity contribution in [3.63, 3.8) is 0 Å². The Morgan fingerprint density at radius 2 is 1.87 bits per heavy atom. The van der Waals surface area contributed by atoms with Crippen LogP contribution in [0.4, 0.5) is 5.69 Å². The van der Waals surface area contributed by atoms with Crippen LogP contribution in [-0.4, -0.2) is 59.7 Å². The Hall–Kier alpha value is -2.51. The quantitative estimate of drug-likeness (QED) is 0.719. The molecule has 1 N–H and O–H groups in total. The molecule has 7 heteroatoms. The Labute approximate surface area is 177 Å². The molecule has 1 aliphatic carbocycles. The molecule has 30 heavy (non-hydrogen) atoms. The summed E-state index contributed by atoms with van der Waals surface area (Å²) < 4.78 is 11.6. The summed E-state index contributed by atoms with van der Waals surface area (Å²) in [5, 5.41) is 3.00. The lowest BCUT2D eigenvalue weighted by molar-refractivity contribution is -0.128. The number of hydrogen-bond acceptors (Lipinski definition) is 6. The van der Waals surface area contributed by atoms with Crippen molar-refractivity contribution in [2.45, 2.75) is 45.1 Å². The number of aryl methyl sites for hydroxylation is 2. The van der Waals surface area contributed by atoms with Gasteiger partial charge in [-0.15, -0.1) is 0 Å². The molecular weight excluding hydrogens is 380 g/mol. The fraction of sp³-hybridized carbons (Fsp3) is 0.522. The highest BCUT2D eigenvalue weighted by Crippen LogP contribution is 2.41. The molecule has 2 fully saturated rings. The summed E-state index contributed by atoms with van der Waals surface area (Å²) in [4.78, 5) is 23.8. The van der Waals surface area contributed by atoms with Gasteiger partial charge in [0.25, 0.3) is 5.91 Å². The van der Waals surface area contributed by atoms with E-state index in [1.165, 1.54) is 12.8 Å². The van der Waals surface area contributed by atoms with Crippen LogP contribution < -0.4 is 10.1 Å². The number of anilines is 1. The number of carbonyl (C=O) groups is 1. The number of rotatable bonds is 8. The number of methoxy groups -OCH3 is 1. The highest BCUT2D eigenvalue weighted by atomic mass is 16.5. The summed E-state index contributed by atoms with van der Waals surface area (Å²) in [7, 11) is 1.59. The van der Waals surface area contributed by atoms with Gasteiger partial charge in [0.15, 0.2) is 0 Å². The van der Waals surface area contributed by atoms with Crippen LogP contribution in [0, 0.1) is 13.8 Å². The summed E-state index contributed by atoms with van der Waals surface area (Å²) in [6, 6.07) is 5.76. The van der Waals surface area contributed by atoms with Crippen molar-refractivity contribution in [3.05, 3.63) is 35.9 Å². The minimum atomic E-state index is -0.674. The first kappa shape index (κ1) is 20.8. The van der Waals surface area contributed by atoms with Gasteiger partial charge in [-0.2, -0.15) is 0 Å². The number of amides is 1. The van der Waals surface area contributed by atoms with Crippen LogP contribution in [0.2, 0.25) is 0 Å². The Balaban J connectivity index is 1.59. The van der Waals surface area contributed by atoms with E-state index in [4.69, 9.17) is 9.47 Å². The lowest BCUT2D eigenvalue weighted by atomic mass is 10.0. The van der Waals surface area contributed by atoms with E-state index < -0.39 is 5.60 Å². The van der Waals surface area contributed by atoms with Gasteiger partial charge in [-0.1, -0.05) is 0 Å². The second-order valence-electron chi connectivity index (χ2n) is 8.18. The summed E-state index contributed by atoms with van der Waals surface area (Å²) in [6.07, 6.45) is 5.61. The summed E-state index contributed by atoms with van der Waals surface area (Å²) in [5.74, 6) is 0.678. The van der Waals surface area contributed by atoms with E-state index in [-0.39, 0.29) is 5.91 Å². The van der Waals surface area contributed by atoms with Crippen molar-refractivity contribution in [1.82, 2.24) is 14.9 Å². The molecule has 1 saturated heterocycles. The number of nitrogens with one attached hydrogen (secondary N) is 1. The molecule has 2 aliphatic rings. The first-order valence-corrected chi connectivity index (χ1v) is 10.7. The number of aromatic nitrogens is 2. The molecule has 1 saturated carbocycles. The van der Waals surface area contributed by atoms with Gasteiger partial charge >= 0.3 is 0 Å². The minimum absolute atomic E-state index is 0.101. The maximum Gasteiger partial charge on any atom is 0.256 e. The molecule has 1 amide bonds. The highest BCUT2D eigenvalue weighted by molar-refractivity contribution is 6.00. The van der Waals surface area contributed by atoms with E-state index in [1.54, 1.807) is 13.4 Å². The molecule has 1 aliphatic heterocycles. The van der Waals surface area contributed by atoms with Crippen molar-refractivity contribution in [2.24, 2.45) is 0 Å². The van der Waals surface area contributed by atoms with E-state index in [2.05, 4.69) is 20.2 Å². The average molecular weight is 411 g/mol. The fourth-order valence-corrected chi connectivity index (χ4v) is 4.09. The normalized spacial score (nSPS) is 17.7. The molecule has 0 atom stereocenters. The number of ether oxygens (including phenoxy) is 2. The lowest BCUT2D eigenvalue weighted by Crippen LogP contribution is -2.31. The molecule has 7 nitrogen and oxygen atoms in total. The van der Waals surface area contributed by atoms with Crippen LogP contribution in [0.5, 0.6) is 5.75 Å². The molecule has 0 unspecified atom stereocenters. The summed E-state index contributed by atoms with van der Waals surface area (Å²) >= 11 is 0. The smallest absolute Gasteiger partial charge is 0.256 e. The van der Waals surface area contributed by atoms with E-state index in [1.807, 2.05) is 32.0 Å². The van der Waals surface area contributed by atoms with Crippen LogP contribution in [0.25, 0.3) is 11.1 Å². The molecule has 2 aromatic rings. The summed E-state index contributed by atoms with van der Waals surface area (Å²) in [6.45, 7) is 7.76. The van der Waals surface area contributed by atoms with Gasteiger partial charge in [-0.25, -0.2) is 9.97 Å². The van der Waals surface area contributed by atoms with Crippen molar-refractivity contribution < 1.29 is 14.3 Å². The number of carbonyl (C=O) groups excluding carboxylic acids is 1. The largest absolute Gasteiger partial charge is 0.492 e. The van der Waals surface area contributed by atoms with Crippen molar-refractivity contribution in [2.75, 3.05) is 38.7 Å². The lowest BCUT2D eigenvalue weighted by Gasteiger charge is -2.19. The van der Waals surface area contributed by atoms with E-state index in [0.29, 0.717) is 12.3 Å². The first-order valence-electron chi connectivity index (χ1n) is 10.7. The average Bonchev–Trinajstić information content (AvgIpc) is 3.37. The molecule has 1 aromatic heterocycles. The van der Waals surface area contributed by atoms with Gasteiger partial charge in [0, 0.05) is 41.9 Å². The fourth-order valence-electron chi connectivity index (χ4n) is 4.09. The standard InChI is InChI=1S/C23H30N4O3/c1-16-21(17(2)25-15-24-16)19-14-18(26-22(28)23(29-3)8-9-23)6-7-20(19)30-13-12-27-10-4-5-11-27/h6-7,14-15H,4-5,8-13H2,1-3H3,(H,26,28). The zero-order chi connectivity index (χ0) is 21.1. The topological polar surface area (TPSA) is 76.6 Å². The van der Waals surface area contributed by atoms with E-state index in [9.17, 15) is 4.79 Å². The van der Waals surface area contributed by atoms with Crippen LogP contribution in [0.1, 0.15) is 37.1 Å². The molecule has 1 aromatic carbocycles. The third-order valence-electron chi connectivity index (χ3n) is 6.11. The summed E-state index contributed by atoms with van der Waals surface area (Å²) in [5.41, 5.74) is 3.64. The monoisotopic (exact) mass is 410 g/mol. The van der Waals surface area contributed by atoms with Crippen LogP contribution in [0.3, 0.4) is 0 Å². The van der Waals surface area contributed by atoms with E-state index in [0.717, 1.165) is 60.7 Å². The van der Waals surface area contributed by atoms with Gasteiger partial charge in [-0.05, 0) is 70.8 Å². The zero-order valence-electron chi connectivity index (χ0n) is 18.0. The Kier molecular flexibility index (Phi) is 6.01. The number of benzene rings is 1. The molecule has 4 rings (SSSR count). The zero-order valence-corrected chi connectivity index (χ0v) is 18.0. The Morgan fingerprint density at radius 3 is 2.50 bits per heavy atom. The van der Waals surface area contributed by atoms with Crippen molar-refractivity contribution in [3.8, 4) is 16.9 Å². The number of likely N-dealkylation sites (tertiary alicyclic amines) is 1. The number of hydrogen-bond donors (Lipinski definition) is 1. The maximum absolute atomic E-state index is 12.6. The Morgan fingerprint density at radius 1 is 1.17 bits per heavy atom. The molecule has 0 spiro atoms. The van der Waals surface area contributed by atoms with E-state index >= 15 is 0 Å². The van der Waals surface area contributed by atoms with Crippen LogP contribution in [-0.2, 0) is 9.53 Å². The molecule has 160 valence electrons. The second-order valence-corrected chi connectivity index (χ2v) is 8.18. The maximum atomic E-state index is 12.6. The van der Waals surface area contributed by atoms with Crippen LogP contribution >= 0.6 is 0 Å². The third kappa shape index (κ3) is 4.32. The highest BCUT2D eigenvalue weighted by Gasteiger charge is 2.50. The third-order valence-corrected chi connectivity index (χ3v) is 6.11. The molecule has 0 radical (unpaired) electrons. The van der Waals surface area contributed by atoms with Gasteiger partial charge in [-0.3, -0.25) is 9.69 Å². The van der Waals surface area contributed by atoms with Gasteiger partial charge < -0.3 is 14.8 Å². The second kappa shape index (κ2) is 8.70. The van der Waals surface area contributed by atoms with Crippen molar-refractivity contribution >= 4 is 11.6 Å². The van der Waals surface area contributed by atoms with Gasteiger partial charge in [0.2, 0.25) is 0 Å². The molecule has 0 bridgehead atoms. The Bertz CT molecular complexity index is 900. The molecule has 2 heterocycles. The van der Waals surface area contributed by atoms with Crippen molar-refractivity contribution in [1.29, 1.82) is 0 Å².